The first-order valence-corrected chi connectivity index (χ1v) is 7.77. The van der Waals surface area contributed by atoms with Crippen molar-refractivity contribution in [3.8, 4) is 5.88 Å². The number of aromatic nitrogens is 1. The van der Waals surface area contributed by atoms with Crippen LogP contribution in [0.15, 0.2) is 47.6 Å². The van der Waals surface area contributed by atoms with Crippen LogP contribution in [0.3, 0.4) is 0 Å². The van der Waals surface area contributed by atoms with Crippen molar-refractivity contribution >= 4 is 41.5 Å². The number of hydrogen-bond donors (Lipinski definition) is 2. The predicted octanol–water partition coefficient (Wildman–Crippen LogP) is 3.27. The smallest absolute Gasteiger partial charge is 0.218 e. The third-order valence-corrected chi connectivity index (χ3v) is 3.54. The molecule has 0 aliphatic carbocycles. The Morgan fingerprint density at radius 1 is 1.25 bits per heavy atom. The van der Waals surface area contributed by atoms with E-state index >= 15 is 0 Å². The molecule has 0 aliphatic heterocycles. The molecule has 1 aromatic carbocycles. The van der Waals surface area contributed by atoms with E-state index in [0.717, 1.165) is 29.5 Å². The lowest BCUT2D eigenvalue weighted by Gasteiger charge is -2.13. The Kier molecular flexibility index (Phi) is 9.48. The maximum atomic E-state index is 5.99. The second-order valence-corrected chi connectivity index (χ2v) is 5.34. The Labute approximate surface area is 164 Å². The number of rotatable bonds is 6. The third kappa shape index (κ3) is 6.52. The van der Waals surface area contributed by atoms with Crippen LogP contribution >= 0.6 is 35.6 Å². The topological polar surface area (TPSA) is 58.5 Å². The van der Waals surface area contributed by atoms with Crippen molar-refractivity contribution in [3.05, 3.63) is 58.7 Å². The van der Waals surface area contributed by atoms with Gasteiger partial charge in [0.05, 0.1) is 7.11 Å². The zero-order chi connectivity index (χ0) is 16.5. The molecule has 2 rings (SSSR count). The van der Waals surface area contributed by atoms with Gasteiger partial charge in [-0.1, -0.05) is 29.8 Å². The predicted molar refractivity (Wildman–Crippen MR) is 110 cm³/mol. The van der Waals surface area contributed by atoms with Gasteiger partial charge >= 0.3 is 0 Å². The van der Waals surface area contributed by atoms with Crippen LogP contribution in [0.4, 0.5) is 0 Å². The van der Waals surface area contributed by atoms with Crippen molar-refractivity contribution in [1.82, 2.24) is 15.6 Å². The van der Waals surface area contributed by atoms with E-state index in [2.05, 4.69) is 26.7 Å². The van der Waals surface area contributed by atoms with Crippen LogP contribution in [-0.4, -0.2) is 31.6 Å². The van der Waals surface area contributed by atoms with Crippen LogP contribution in [0.1, 0.15) is 11.1 Å². The van der Waals surface area contributed by atoms with Gasteiger partial charge < -0.3 is 15.4 Å². The van der Waals surface area contributed by atoms with Crippen molar-refractivity contribution in [2.75, 3.05) is 20.7 Å². The molecule has 0 amide bonds. The molecule has 7 heteroatoms. The van der Waals surface area contributed by atoms with Crippen LogP contribution in [-0.2, 0) is 13.0 Å². The molecular formula is C17H22ClIN4O. The van der Waals surface area contributed by atoms with Gasteiger partial charge in [0, 0.05) is 36.9 Å². The lowest BCUT2D eigenvalue weighted by Crippen LogP contribution is -2.37. The third-order valence-electron chi connectivity index (χ3n) is 3.31. The van der Waals surface area contributed by atoms with Gasteiger partial charge in [0.15, 0.2) is 5.96 Å². The summed E-state index contributed by atoms with van der Waals surface area (Å²) in [5.74, 6) is 1.35. The lowest BCUT2D eigenvalue weighted by atomic mass is 10.1. The fraction of sp³-hybridized carbons (Fsp3) is 0.294. The van der Waals surface area contributed by atoms with Gasteiger partial charge in [-0.3, -0.25) is 4.99 Å². The molecule has 130 valence electrons. The number of aliphatic imine (C=N–C) groups is 1. The van der Waals surface area contributed by atoms with Crippen molar-refractivity contribution < 1.29 is 4.74 Å². The lowest BCUT2D eigenvalue weighted by molar-refractivity contribution is 0.392. The van der Waals surface area contributed by atoms with Gasteiger partial charge in [0.1, 0.15) is 0 Å². The summed E-state index contributed by atoms with van der Waals surface area (Å²) in [6, 6.07) is 11.7. The van der Waals surface area contributed by atoms with Crippen LogP contribution in [0.25, 0.3) is 0 Å². The number of ether oxygens (including phenoxy) is 1. The number of nitrogens with one attached hydrogen (secondary N) is 2. The maximum Gasteiger partial charge on any atom is 0.218 e. The Morgan fingerprint density at radius 2 is 2.08 bits per heavy atom. The van der Waals surface area contributed by atoms with E-state index in [1.54, 1.807) is 20.4 Å². The summed E-state index contributed by atoms with van der Waals surface area (Å²) in [7, 11) is 3.36. The Hall–Kier alpha value is -1.54. The molecule has 0 saturated heterocycles. The second kappa shape index (κ2) is 11.1. The van der Waals surface area contributed by atoms with E-state index in [4.69, 9.17) is 16.3 Å². The molecule has 24 heavy (non-hydrogen) atoms. The molecule has 0 bridgehead atoms. The molecular weight excluding hydrogens is 439 g/mol. The molecule has 2 N–H and O–H groups in total. The summed E-state index contributed by atoms with van der Waals surface area (Å²) in [5, 5.41) is 7.29. The van der Waals surface area contributed by atoms with Crippen LogP contribution < -0.4 is 15.4 Å². The normalized spacial score (nSPS) is 10.7. The molecule has 0 aliphatic rings. The highest BCUT2D eigenvalue weighted by Crippen LogP contribution is 2.13. The quantitative estimate of drug-likeness (QED) is 0.395. The Bertz CT molecular complexity index is 667. The molecule has 1 aromatic heterocycles. The summed E-state index contributed by atoms with van der Waals surface area (Å²) >= 11 is 5.99. The first-order valence-electron chi connectivity index (χ1n) is 7.39. The van der Waals surface area contributed by atoms with Crippen LogP contribution in [0, 0.1) is 0 Å². The number of methoxy groups -OCH3 is 1. The molecule has 0 atom stereocenters. The maximum absolute atomic E-state index is 5.99. The number of nitrogens with zero attached hydrogens (tertiary/aromatic N) is 2. The van der Waals surface area contributed by atoms with E-state index in [1.807, 2.05) is 30.3 Å². The Balaban J connectivity index is 0.00000288. The first-order chi connectivity index (χ1) is 11.2. The van der Waals surface area contributed by atoms with Gasteiger partial charge in [0.2, 0.25) is 5.88 Å². The van der Waals surface area contributed by atoms with Gasteiger partial charge in [-0.2, -0.15) is 0 Å². The molecule has 0 unspecified atom stereocenters. The monoisotopic (exact) mass is 460 g/mol. The highest BCUT2D eigenvalue weighted by atomic mass is 127. The number of benzene rings is 1. The first kappa shape index (κ1) is 20.5. The molecule has 0 spiro atoms. The van der Waals surface area contributed by atoms with E-state index in [1.165, 1.54) is 5.56 Å². The van der Waals surface area contributed by atoms with Crippen molar-refractivity contribution in [1.29, 1.82) is 0 Å². The van der Waals surface area contributed by atoms with Crippen LogP contribution in [0.5, 0.6) is 5.88 Å². The summed E-state index contributed by atoms with van der Waals surface area (Å²) in [4.78, 5) is 8.39. The molecule has 1 heterocycles. The second-order valence-electron chi connectivity index (χ2n) is 4.90. The fourth-order valence-corrected chi connectivity index (χ4v) is 2.37. The Morgan fingerprint density at radius 3 is 2.79 bits per heavy atom. The minimum atomic E-state index is 0. The number of guanidine groups is 1. The molecule has 0 fully saturated rings. The van der Waals surface area contributed by atoms with E-state index in [0.29, 0.717) is 12.4 Å². The molecule has 0 saturated carbocycles. The summed E-state index contributed by atoms with van der Waals surface area (Å²) < 4.78 is 5.24. The van der Waals surface area contributed by atoms with E-state index < -0.39 is 0 Å². The zero-order valence-corrected chi connectivity index (χ0v) is 16.8. The van der Waals surface area contributed by atoms with E-state index in [9.17, 15) is 0 Å². The minimum Gasteiger partial charge on any atom is -0.481 e. The van der Waals surface area contributed by atoms with E-state index in [-0.39, 0.29) is 24.0 Å². The van der Waals surface area contributed by atoms with Crippen molar-refractivity contribution in [2.45, 2.75) is 13.0 Å². The summed E-state index contributed by atoms with van der Waals surface area (Å²) in [6.07, 6.45) is 2.58. The zero-order valence-electron chi connectivity index (χ0n) is 13.8. The van der Waals surface area contributed by atoms with Gasteiger partial charge in [-0.15, -0.1) is 24.0 Å². The van der Waals surface area contributed by atoms with Crippen molar-refractivity contribution in [3.63, 3.8) is 0 Å². The standard InChI is InChI=1S/C17H21ClN4O.HI/c1-19-17(21-10-8-13-5-3-7-15(18)11-13)22-12-14-6-4-9-20-16(14)23-2;/h3-7,9,11H,8,10,12H2,1-2H3,(H2,19,21,22);1H. The number of halogens is 2. The number of hydrogen-bond acceptors (Lipinski definition) is 3. The summed E-state index contributed by atoms with van der Waals surface area (Å²) in [6.45, 7) is 1.36. The van der Waals surface area contributed by atoms with Crippen molar-refractivity contribution in [2.24, 2.45) is 4.99 Å². The molecule has 0 radical (unpaired) electrons. The minimum absolute atomic E-state index is 0. The summed E-state index contributed by atoms with van der Waals surface area (Å²) in [5.41, 5.74) is 2.17. The molecule has 2 aromatic rings. The highest BCUT2D eigenvalue weighted by Gasteiger charge is 2.04. The average molecular weight is 461 g/mol. The largest absolute Gasteiger partial charge is 0.481 e. The van der Waals surface area contributed by atoms with Gasteiger partial charge in [-0.25, -0.2) is 4.98 Å². The average Bonchev–Trinajstić information content (AvgIpc) is 2.58. The van der Waals surface area contributed by atoms with Crippen LogP contribution in [0.2, 0.25) is 5.02 Å². The highest BCUT2D eigenvalue weighted by molar-refractivity contribution is 14.0. The van der Waals surface area contributed by atoms with Gasteiger partial charge in [-0.05, 0) is 30.2 Å². The fourth-order valence-electron chi connectivity index (χ4n) is 2.16. The SMILES string of the molecule is CN=C(NCCc1cccc(Cl)c1)NCc1cccnc1OC.I. The van der Waals surface area contributed by atoms with Gasteiger partial charge in [0.25, 0.3) is 0 Å². The number of pyridine rings is 1. The molecule has 5 nitrogen and oxygen atoms in total.